The molecule has 8 heteroatoms. The van der Waals surface area contributed by atoms with Gasteiger partial charge < -0.3 is 10.2 Å². The number of amides is 1. The Bertz CT molecular complexity index is 1150. The number of oxime groups is 1. The summed E-state index contributed by atoms with van der Waals surface area (Å²) in [4.78, 5) is 31.3. The Hall–Kier alpha value is -2.08. The number of benzene rings is 2. The van der Waals surface area contributed by atoms with Crippen LogP contribution in [0.4, 0.5) is 5.69 Å². The van der Waals surface area contributed by atoms with Crippen LogP contribution in [0.2, 0.25) is 15.1 Å². The van der Waals surface area contributed by atoms with Crippen LogP contribution in [-0.4, -0.2) is 17.6 Å². The SMILES string of the molecule is CC12CCC(C(=O)Nc3cccc(Cl)c3)(CC1=NOC(=O)c1ccc(Cl)cc1Cl)C2(C)C. The highest BCUT2D eigenvalue weighted by Crippen LogP contribution is 2.71. The summed E-state index contributed by atoms with van der Waals surface area (Å²) in [6, 6.07) is 11.6. The number of hydrogen-bond donors (Lipinski definition) is 1. The molecule has 2 atom stereocenters. The molecule has 0 radical (unpaired) electrons. The molecule has 0 heterocycles. The molecule has 0 aromatic heterocycles. The van der Waals surface area contributed by atoms with Gasteiger partial charge in [-0.15, -0.1) is 0 Å². The molecular formula is C24H23Cl3N2O3. The number of carbonyl (C=O) groups excluding carboxylic acids is 2. The zero-order valence-electron chi connectivity index (χ0n) is 18.0. The zero-order chi connectivity index (χ0) is 23.3. The lowest BCUT2D eigenvalue weighted by Crippen LogP contribution is -2.43. The Morgan fingerprint density at radius 2 is 1.72 bits per heavy atom. The number of nitrogens with zero attached hydrogens (tertiary/aromatic N) is 1. The standard InChI is InChI=1S/C24H23Cl3N2O3/c1-22(2)23(3)9-10-24(22,21(31)28-16-6-4-5-14(25)11-16)13-19(23)29-32-20(30)17-8-7-15(26)12-18(17)27/h4-8,11-12H,9-10,13H2,1-3H3,(H,28,31). The minimum absolute atomic E-state index is 0.0780. The highest BCUT2D eigenvalue weighted by atomic mass is 35.5. The summed E-state index contributed by atoms with van der Waals surface area (Å²) in [5.74, 6) is -0.744. The lowest BCUT2D eigenvalue weighted by molar-refractivity contribution is -0.130. The first-order chi connectivity index (χ1) is 15.0. The van der Waals surface area contributed by atoms with E-state index in [1.807, 2.05) is 6.07 Å². The van der Waals surface area contributed by atoms with E-state index < -0.39 is 16.8 Å². The van der Waals surface area contributed by atoms with Gasteiger partial charge in [0.1, 0.15) is 0 Å². The predicted octanol–water partition coefficient (Wildman–Crippen LogP) is 7.01. The fourth-order valence-corrected chi connectivity index (χ4v) is 5.82. The molecule has 2 fully saturated rings. The molecule has 2 unspecified atom stereocenters. The normalized spacial score (nSPS) is 26.9. The van der Waals surface area contributed by atoms with Crippen molar-refractivity contribution in [2.75, 3.05) is 5.32 Å². The maximum atomic E-state index is 13.5. The number of carbonyl (C=O) groups is 2. The van der Waals surface area contributed by atoms with Gasteiger partial charge in [-0.05, 0) is 54.7 Å². The Labute approximate surface area is 202 Å². The van der Waals surface area contributed by atoms with E-state index in [0.717, 1.165) is 12.8 Å². The first-order valence-electron chi connectivity index (χ1n) is 10.3. The molecule has 32 heavy (non-hydrogen) atoms. The lowest BCUT2D eigenvalue weighted by atomic mass is 9.64. The zero-order valence-corrected chi connectivity index (χ0v) is 20.2. The van der Waals surface area contributed by atoms with Gasteiger partial charge in [-0.3, -0.25) is 4.79 Å². The van der Waals surface area contributed by atoms with E-state index in [4.69, 9.17) is 39.6 Å². The molecule has 4 rings (SSSR count). The molecule has 2 aliphatic carbocycles. The van der Waals surface area contributed by atoms with E-state index in [2.05, 4.69) is 31.2 Å². The monoisotopic (exact) mass is 492 g/mol. The van der Waals surface area contributed by atoms with Gasteiger partial charge in [0.15, 0.2) is 0 Å². The van der Waals surface area contributed by atoms with Crippen molar-refractivity contribution < 1.29 is 14.4 Å². The topological polar surface area (TPSA) is 67.8 Å². The van der Waals surface area contributed by atoms with Gasteiger partial charge >= 0.3 is 5.97 Å². The van der Waals surface area contributed by atoms with Crippen molar-refractivity contribution >= 4 is 58.1 Å². The Morgan fingerprint density at radius 3 is 2.41 bits per heavy atom. The number of anilines is 1. The van der Waals surface area contributed by atoms with Crippen molar-refractivity contribution in [3.05, 3.63) is 63.1 Å². The van der Waals surface area contributed by atoms with Crippen LogP contribution in [0.15, 0.2) is 47.6 Å². The summed E-state index contributed by atoms with van der Waals surface area (Å²) < 4.78 is 0. The quantitative estimate of drug-likeness (QED) is 0.368. The number of fused-ring (bicyclic) bond motifs is 2. The van der Waals surface area contributed by atoms with E-state index in [0.29, 0.717) is 27.9 Å². The predicted molar refractivity (Wildman–Crippen MR) is 128 cm³/mol. The van der Waals surface area contributed by atoms with Crippen LogP contribution in [0.5, 0.6) is 0 Å². The fourth-order valence-electron chi connectivity index (χ4n) is 5.14. The molecular weight excluding hydrogens is 471 g/mol. The lowest BCUT2D eigenvalue weighted by Gasteiger charge is -2.39. The molecule has 168 valence electrons. The summed E-state index contributed by atoms with van der Waals surface area (Å²) in [5.41, 5.74) is 0.0761. The van der Waals surface area contributed by atoms with Crippen molar-refractivity contribution in [2.24, 2.45) is 21.4 Å². The number of halogens is 3. The minimum atomic E-state index is -0.673. The molecule has 0 aliphatic heterocycles. The van der Waals surface area contributed by atoms with E-state index in [1.165, 1.54) is 12.1 Å². The van der Waals surface area contributed by atoms with E-state index >= 15 is 0 Å². The minimum Gasteiger partial charge on any atom is -0.326 e. The van der Waals surface area contributed by atoms with Crippen molar-refractivity contribution in [2.45, 2.75) is 40.0 Å². The van der Waals surface area contributed by atoms with Gasteiger partial charge in [0, 0.05) is 27.6 Å². The van der Waals surface area contributed by atoms with Crippen LogP contribution in [0.3, 0.4) is 0 Å². The van der Waals surface area contributed by atoms with Crippen LogP contribution >= 0.6 is 34.8 Å². The Kier molecular flexibility index (Phi) is 5.81. The van der Waals surface area contributed by atoms with Gasteiger partial charge in [0.05, 0.1) is 21.7 Å². The number of hydrogen-bond acceptors (Lipinski definition) is 4. The average Bonchev–Trinajstić information content (AvgIpc) is 3.02. The van der Waals surface area contributed by atoms with Crippen molar-refractivity contribution in [3.8, 4) is 0 Å². The maximum Gasteiger partial charge on any atom is 0.367 e. The molecule has 0 saturated heterocycles. The largest absolute Gasteiger partial charge is 0.367 e. The molecule has 2 saturated carbocycles. The van der Waals surface area contributed by atoms with E-state index in [-0.39, 0.29) is 21.9 Å². The molecule has 1 N–H and O–H groups in total. The summed E-state index contributed by atoms with van der Waals surface area (Å²) >= 11 is 18.1. The van der Waals surface area contributed by atoms with Crippen molar-refractivity contribution in [1.82, 2.24) is 0 Å². The molecule has 2 aromatic carbocycles. The maximum absolute atomic E-state index is 13.5. The average molecular weight is 494 g/mol. The smallest absolute Gasteiger partial charge is 0.326 e. The highest BCUT2D eigenvalue weighted by Gasteiger charge is 2.71. The van der Waals surface area contributed by atoms with Crippen molar-refractivity contribution in [3.63, 3.8) is 0 Å². The van der Waals surface area contributed by atoms with Gasteiger partial charge in [-0.1, -0.05) is 66.8 Å². The third-order valence-corrected chi connectivity index (χ3v) is 8.42. The Morgan fingerprint density at radius 1 is 1.00 bits per heavy atom. The third kappa shape index (κ3) is 3.51. The van der Waals surface area contributed by atoms with Gasteiger partial charge in [0.25, 0.3) is 0 Å². The van der Waals surface area contributed by atoms with Crippen LogP contribution in [0, 0.1) is 16.2 Å². The van der Waals surface area contributed by atoms with E-state index in [9.17, 15) is 9.59 Å². The molecule has 2 aliphatic rings. The second kappa shape index (κ2) is 8.05. The first kappa shape index (κ1) is 23.1. The van der Waals surface area contributed by atoms with Gasteiger partial charge in [0.2, 0.25) is 5.91 Å². The number of rotatable bonds is 4. The third-order valence-electron chi connectivity index (χ3n) is 7.64. The summed E-state index contributed by atoms with van der Waals surface area (Å²) in [6.45, 7) is 6.24. The second-order valence-corrected chi connectivity index (χ2v) is 10.5. The molecule has 2 aromatic rings. The Balaban J connectivity index is 1.59. The molecule has 5 nitrogen and oxygen atoms in total. The second-order valence-electron chi connectivity index (χ2n) is 9.22. The summed E-state index contributed by atoms with van der Waals surface area (Å²) in [5, 5.41) is 8.43. The van der Waals surface area contributed by atoms with Crippen LogP contribution in [-0.2, 0) is 9.63 Å². The van der Waals surface area contributed by atoms with Crippen LogP contribution in [0.25, 0.3) is 0 Å². The van der Waals surface area contributed by atoms with Crippen molar-refractivity contribution in [1.29, 1.82) is 0 Å². The summed E-state index contributed by atoms with van der Waals surface area (Å²) in [7, 11) is 0. The molecule has 0 spiro atoms. The first-order valence-corrected chi connectivity index (χ1v) is 11.4. The molecule has 1 amide bonds. The van der Waals surface area contributed by atoms with Gasteiger partial charge in [-0.2, -0.15) is 0 Å². The molecule has 2 bridgehead atoms. The summed E-state index contributed by atoms with van der Waals surface area (Å²) in [6.07, 6.45) is 1.89. The van der Waals surface area contributed by atoms with Gasteiger partial charge in [-0.25, -0.2) is 4.79 Å². The number of nitrogens with one attached hydrogen (secondary N) is 1. The van der Waals surface area contributed by atoms with Crippen LogP contribution in [0.1, 0.15) is 50.4 Å². The fraction of sp³-hybridized carbons (Fsp3) is 0.375. The van der Waals surface area contributed by atoms with Crippen LogP contribution < -0.4 is 5.32 Å². The van der Waals surface area contributed by atoms with E-state index in [1.54, 1.807) is 24.3 Å². The highest BCUT2D eigenvalue weighted by molar-refractivity contribution is 6.36.